The zero-order chi connectivity index (χ0) is 30.2. The number of carbonyl (C=O) groups excluding carboxylic acids is 2. The van der Waals surface area contributed by atoms with E-state index in [4.69, 9.17) is 11.6 Å². The molecule has 1 N–H and O–H groups in total. The smallest absolute Gasteiger partial charge is 0.243 e. The Morgan fingerprint density at radius 1 is 0.927 bits per heavy atom. The van der Waals surface area contributed by atoms with Crippen LogP contribution < -0.4 is 9.62 Å². The Kier molecular flexibility index (Phi) is 10.9. The Morgan fingerprint density at radius 3 is 2.10 bits per heavy atom. The summed E-state index contributed by atoms with van der Waals surface area (Å²) in [6.45, 7) is 5.75. The summed E-state index contributed by atoms with van der Waals surface area (Å²) in [6, 6.07) is 20.8. The van der Waals surface area contributed by atoms with E-state index in [-0.39, 0.29) is 44.2 Å². The zero-order valence-electron chi connectivity index (χ0n) is 23.8. The maximum Gasteiger partial charge on any atom is 0.243 e. The monoisotopic (exact) mass is 601 g/mol. The van der Waals surface area contributed by atoms with Gasteiger partial charge >= 0.3 is 0 Å². The number of hydrogen-bond donors (Lipinski definition) is 1. The number of amides is 2. The lowest BCUT2D eigenvalue weighted by Gasteiger charge is -2.34. The molecule has 0 bridgehead atoms. The summed E-state index contributed by atoms with van der Waals surface area (Å²) in [4.78, 5) is 28.9. The van der Waals surface area contributed by atoms with Crippen molar-refractivity contribution in [3.8, 4) is 0 Å². The van der Waals surface area contributed by atoms with E-state index in [1.807, 2.05) is 51.1 Å². The molecule has 0 fully saturated rings. The van der Waals surface area contributed by atoms with Crippen molar-refractivity contribution in [2.45, 2.75) is 58.2 Å². The fourth-order valence-electron chi connectivity index (χ4n) is 4.40. The first kappa shape index (κ1) is 32.1. The van der Waals surface area contributed by atoms with Crippen molar-refractivity contribution in [2.75, 3.05) is 17.1 Å². The van der Waals surface area contributed by atoms with Gasteiger partial charge in [-0.2, -0.15) is 0 Å². The first-order valence-corrected chi connectivity index (χ1v) is 15.6. The molecule has 3 aromatic carbocycles. The fourth-order valence-corrected chi connectivity index (χ4v) is 5.50. The van der Waals surface area contributed by atoms with E-state index < -0.39 is 27.4 Å². The zero-order valence-corrected chi connectivity index (χ0v) is 25.4. The van der Waals surface area contributed by atoms with Crippen LogP contribution in [0.1, 0.15) is 44.7 Å². The van der Waals surface area contributed by atoms with Gasteiger partial charge in [0.2, 0.25) is 21.8 Å². The number of benzene rings is 3. The van der Waals surface area contributed by atoms with E-state index in [1.165, 1.54) is 21.3 Å². The first-order chi connectivity index (χ1) is 19.2. The maximum absolute atomic E-state index is 13.8. The van der Waals surface area contributed by atoms with Gasteiger partial charge in [0, 0.05) is 36.5 Å². The maximum atomic E-state index is 13.8. The van der Waals surface area contributed by atoms with Gasteiger partial charge in [-0.05, 0) is 74.7 Å². The fraction of sp³-hybridized carbons (Fsp3) is 0.355. The number of nitrogens with one attached hydrogen (secondary N) is 1. The molecular formula is C31H37ClFN3O4S. The minimum absolute atomic E-state index is 0.00507. The van der Waals surface area contributed by atoms with Gasteiger partial charge in [0.25, 0.3) is 0 Å². The molecule has 10 heteroatoms. The Balaban J connectivity index is 1.89. The Hall–Kier alpha value is -3.43. The van der Waals surface area contributed by atoms with Crippen LogP contribution in [0.25, 0.3) is 0 Å². The van der Waals surface area contributed by atoms with Crippen LogP contribution in [0.5, 0.6) is 0 Å². The third kappa shape index (κ3) is 10.2. The molecule has 1 atom stereocenters. The molecule has 0 unspecified atom stereocenters. The van der Waals surface area contributed by atoms with Crippen molar-refractivity contribution < 1.29 is 22.4 Å². The molecule has 0 saturated heterocycles. The minimum atomic E-state index is -3.63. The van der Waals surface area contributed by atoms with Crippen molar-refractivity contribution in [2.24, 2.45) is 0 Å². The van der Waals surface area contributed by atoms with Gasteiger partial charge in [-0.1, -0.05) is 54.1 Å². The number of carbonyl (C=O) groups is 2. The van der Waals surface area contributed by atoms with Crippen molar-refractivity contribution >= 4 is 39.1 Å². The lowest BCUT2D eigenvalue weighted by atomic mass is 10.00. The predicted octanol–water partition coefficient (Wildman–Crippen LogP) is 5.58. The van der Waals surface area contributed by atoms with Crippen molar-refractivity contribution in [1.82, 2.24) is 10.2 Å². The summed E-state index contributed by atoms with van der Waals surface area (Å²) in [5, 5.41) is 3.48. The Labute approximate surface area is 247 Å². The van der Waals surface area contributed by atoms with E-state index >= 15 is 0 Å². The summed E-state index contributed by atoms with van der Waals surface area (Å²) < 4.78 is 40.0. The van der Waals surface area contributed by atoms with Gasteiger partial charge in [-0.15, -0.1) is 0 Å². The second-order valence-corrected chi connectivity index (χ2v) is 13.4. The molecule has 3 aromatic rings. The van der Waals surface area contributed by atoms with Gasteiger partial charge < -0.3 is 10.2 Å². The van der Waals surface area contributed by atoms with Crippen LogP contribution in [-0.2, 0) is 32.6 Å². The third-order valence-electron chi connectivity index (χ3n) is 6.30. The standard InChI is InChI=1S/C31H37ClFN3O4S/c1-31(2,3)34-30(38)28(21-23-9-6-5-7-10-23)35(22-24-12-16-26(33)17-13-24)29(37)11-8-20-36(41(4,39)40)27-18-14-25(32)15-19-27/h5-7,9-10,12-19,28H,8,11,20-22H2,1-4H3,(H,34,38)/t28-/m1/s1. The summed E-state index contributed by atoms with van der Waals surface area (Å²) >= 11 is 5.97. The minimum Gasteiger partial charge on any atom is -0.350 e. The Bertz CT molecular complexity index is 1410. The van der Waals surface area contributed by atoms with Crippen LogP contribution in [-0.4, -0.2) is 49.5 Å². The van der Waals surface area contributed by atoms with Crippen LogP contribution in [0.2, 0.25) is 5.02 Å². The summed E-state index contributed by atoms with van der Waals surface area (Å²) in [5.74, 6) is -1.03. The molecule has 0 aliphatic carbocycles. The second-order valence-electron chi connectivity index (χ2n) is 11.0. The number of halogens is 2. The molecule has 0 aliphatic rings. The second kappa shape index (κ2) is 14.0. The molecule has 0 aliphatic heterocycles. The largest absolute Gasteiger partial charge is 0.350 e. The van der Waals surface area contributed by atoms with Gasteiger partial charge in [-0.25, -0.2) is 12.8 Å². The first-order valence-electron chi connectivity index (χ1n) is 13.4. The molecule has 41 heavy (non-hydrogen) atoms. The molecule has 0 spiro atoms. The van der Waals surface area contributed by atoms with Gasteiger partial charge in [0.15, 0.2) is 0 Å². The highest BCUT2D eigenvalue weighted by atomic mass is 35.5. The van der Waals surface area contributed by atoms with Gasteiger partial charge in [0.1, 0.15) is 11.9 Å². The summed E-state index contributed by atoms with van der Waals surface area (Å²) in [7, 11) is -3.63. The lowest BCUT2D eigenvalue weighted by Crippen LogP contribution is -2.54. The molecular weight excluding hydrogens is 565 g/mol. The van der Waals surface area contributed by atoms with E-state index in [0.29, 0.717) is 16.3 Å². The van der Waals surface area contributed by atoms with Gasteiger partial charge in [-0.3, -0.25) is 13.9 Å². The summed E-state index contributed by atoms with van der Waals surface area (Å²) in [5.41, 5.74) is 1.45. The molecule has 7 nitrogen and oxygen atoms in total. The number of rotatable bonds is 12. The highest BCUT2D eigenvalue weighted by Crippen LogP contribution is 2.22. The molecule has 0 aromatic heterocycles. The van der Waals surface area contributed by atoms with Crippen LogP contribution in [0.3, 0.4) is 0 Å². The van der Waals surface area contributed by atoms with Crippen molar-refractivity contribution in [3.05, 3.63) is 101 Å². The SMILES string of the molecule is CC(C)(C)NC(=O)[C@@H](Cc1ccccc1)N(Cc1ccc(F)cc1)C(=O)CCCN(c1ccc(Cl)cc1)S(C)(=O)=O. The van der Waals surface area contributed by atoms with Crippen LogP contribution >= 0.6 is 11.6 Å². The summed E-state index contributed by atoms with van der Waals surface area (Å²) in [6.07, 6.45) is 1.59. The normalized spacial score (nSPS) is 12.4. The number of anilines is 1. The topological polar surface area (TPSA) is 86.8 Å². The van der Waals surface area contributed by atoms with E-state index in [0.717, 1.165) is 11.8 Å². The third-order valence-corrected chi connectivity index (χ3v) is 7.75. The molecule has 220 valence electrons. The average molecular weight is 602 g/mol. The number of hydrogen-bond acceptors (Lipinski definition) is 4. The number of sulfonamides is 1. The van der Waals surface area contributed by atoms with Crippen LogP contribution in [0.4, 0.5) is 10.1 Å². The van der Waals surface area contributed by atoms with Crippen LogP contribution in [0, 0.1) is 5.82 Å². The highest BCUT2D eigenvalue weighted by molar-refractivity contribution is 7.92. The molecule has 0 heterocycles. The molecule has 2 amide bonds. The van der Waals surface area contributed by atoms with Crippen molar-refractivity contribution in [3.63, 3.8) is 0 Å². The Morgan fingerprint density at radius 2 is 1.54 bits per heavy atom. The highest BCUT2D eigenvalue weighted by Gasteiger charge is 2.32. The van der Waals surface area contributed by atoms with Gasteiger partial charge in [0.05, 0.1) is 11.9 Å². The lowest BCUT2D eigenvalue weighted by molar-refractivity contribution is -0.142. The van der Waals surface area contributed by atoms with E-state index in [9.17, 15) is 22.4 Å². The van der Waals surface area contributed by atoms with E-state index in [2.05, 4.69) is 5.32 Å². The molecule has 0 saturated carbocycles. The average Bonchev–Trinajstić information content (AvgIpc) is 2.89. The molecule has 3 rings (SSSR count). The quantitative estimate of drug-likeness (QED) is 0.294. The van der Waals surface area contributed by atoms with Crippen LogP contribution in [0.15, 0.2) is 78.9 Å². The van der Waals surface area contributed by atoms with Crippen molar-refractivity contribution in [1.29, 1.82) is 0 Å². The number of nitrogens with zero attached hydrogens (tertiary/aromatic N) is 2. The molecule has 0 radical (unpaired) electrons. The van der Waals surface area contributed by atoms with E-state index in [1.54, 1.807) is 36.4 Å². The predicted molar refractivity (Wildman–Crippen MR) is 162 cm³/mol.